The second-order valence-corrected chi connectivity index (χ2v) is 20.9. The van der Waals surface area contributed by atoms with Gasteiger partial charge in [-0.2, -0.15) is 10.2 Å². The number of nitrogens with one attached hydrogen (secondary N) is 4. The van der Waals surface area contributed by atoms with E-state index in [4.69, 9.17) is 29.1 Å². The Morgan fingerprint density at radius 3 is 1.25 bits per heavy atom. The quantitative estimate of drug-likeness (QED) is 0.0448. The van der Waals surface area contributed by atoms with Gasteiger partial charge in [0.05, 0.1) is 51.0 Å². The smallest absolute Gasteiger partial charge is 0.272 e. The van der Waals surface area contributed by atoms with E-state index in [1.165, 1.54) is 0 Å². The van der Waals surface area contributed by atoms with Crippen molar-refractivity contribution in [2.45, 2.75) is 176 Å². The number of hydrogen-bond donors (Lipinski definition) is 4. The molecule has 4 aromatic rings. The molecule has 1 unspecified atom stereocenters. The van der Waals surface area contributed by atoms with Crippen molar-refractivity contribution in [3.8, 4) is 45.5 Å². The van der Waals surface area contributed by atoms with Crippen LogP contribution in [0.4, 0.5) is 0 Å². The maximum Gasteiger partial charge on any atom is 0.272 e. The number of amides is 4. The van der Waals surface area contributed by atoms with Crippen molar-refractivity contribution in [1.82, 2.24) is 40.8 Å². The van der Waals surface area contributed by atoms with E-state index in [9.17, 15) is 19.2 Å². The van der Waals surface area contributed by atoms with Gasteiger partial charge in [0.2, 0.25) is 11.8 Å². The Bertz CT molecular complexity index is 2350. The highest BCUT2D eigenvalue weighted by molar-refractivity contribution is 5.95. The van der Waals surface area contributed by atoms with Crippen molar-refractivity contribution in [3.63, 3.8) is 0 Å². The van der Waals surface area contributed by atoms with Crippen LogP contribution in [-0.4, -0.2) is 95.8 Å². The number of aromatic nitrogens is 4. The predicted octanol–water partition coefficient (Wildman–Crippen LogP) is 10.0. The van der Waals surface area contributed by atoms with Gasteiger partial charge in [0.1, 0.15) is 23.0 Å². The van der Waals surface area contributed by atoms with E-state index in [0.29, 0.717) is 84.0 Å². The van der Waals surface area contributed by atoms with E-state index in [0.717, 1.165) is 80.3 Å². The van der Waals surface area contributed by atoms with Gasteiger partial charge in [0.15, 0.2) is 11.4 Å². The van der Waals surface area contributed by atoms with Gasteiger partial charge >= 0.3 is 0 Å². The first-order valence-electron chi connectivity index (χ1n) is 26.8. The molecule has 0 radical (unpaired) electrons. The lowest BCUT2D eigenvalue weighted by molar-refractivity contribution is -0.123. The van der Waals surface area contributed by atoms with Gasteiger partial charge in [-0.25, -0.2) is 0 Å². The summed E-state index contributed by atoms with van der Waals surface area (Å²) in [5.41, 5.74) is 3.70. The lowest BCUT2D eigenvalue weighted by Gasteiger charge is -2.28. The molecule has 4 amide bonds. The molecule has 2 aromatic carbocycles. The van der Waals surface area contributed by atoms with Crippen LogP contribution in [0.2, 0.25) is 0 Å². The minimum atomic E-state index is -0.282. The molecule has 2 fully saturated rings. The van der Waals surface area contributed by atoms with E-state index >= 15 is 0 Å². The van der Waals surface area contributed by atoms with Crippen molar-refractivity contribution < 1.29 is 38.1 Å². The molecule has 3 atom stereocenters. The first kappa shape index (κ1) is 57.8. The molecule has 4 N–H and O–H groups in total. The Hall–Kier alpha value is -6.06. The Balaban J connectivity index is 0.000000271. The third-order valence-electron chi connectivity index (χ3n) is 14.1. The van der Waals surface area contributed by atoms with Crippen molar-refractivity contribution >= 4 is 23.6 Å². The summed E-state index contributed by atoms with van der Waals surface area (Å²) < 4.78 is 26.3. The van der Waals surface area contributed by atoms with Gasteiger partial charge in [0.25, 0.3) is 11.8 Å². The molecule has 6 rings (SSSR count). The minimum absolute atomic E-state index is 0.00522. The number of rotatable bonds is 27. The van der Waals surface area contributed by atoms with Crippen LogP contribution < -0.4 is 40.2 Å². The number of carbonyl (C=O) groups is 4. The summed E-state index contributed by atoms with van der Waals surface area (Å²) >= 11 is 0. The topological polar surface area (TPSA) is 189 Å². The van der Waals surface area contributed by atoms with E-state index in [1.54, 1.807) is 40.6 Å². The molecule has 2 aromatic heterocycles. The summed E-state index contributed by atoms with van der Waals surface area (Å²) in [6.07, 6.45) is 11.4. The number of ether oxygens (including phenoxy) is 4. The van der Waals surface area contributed by atoms with Crippen LogP contribution in [0.15, 0.2) is 48.5 Å². The molecule has 402 valence electrons. The summed E-state index contributed by atoms with van der Waals surface area (Å²) in [6.45, 7) is 18.3. The standard InChI is InChI=1S/C29H44N4O4.C28H42N4O4/c1-7-20(8-2)18-33-24(28-25(36-5)13-10-14-26(28)37-6)17-23(32-33)29(35)31-22(15-19(3)4)16-27(34)30-21-11-9-12-21;1-7-19(4)17-32-23(27-24(35-5)12-9-13-25(27)36-6)16-22(31-32)28(34)30-21(14-18(2)3)15-26(33)29-20-10-8-11-20/h10,13-14,17,19-22H,7-9,11-12,15-16,18H2,1-6H3,(H,30,34)(H,31,35);9,12-13,16,18-21H,7-8,10-11,14-15,17H2,1-6H3,(H,29,33)(H,30,34)/t22-;19?,21-/m00/s1. The number of hydrogen-bond acceptors (Lipinski definition) is 10. The highest BCUT2D eigenvalue weighted by Crippen LogP contribution is 2.40. The van der Waals surface area contributed by atoms with E-state index < -0.39 is 0 Å². The van der Waals surface area contributed by atoms with Crippen molar-refractivity contribution in [2.75, 3.05) is 28.4 Å². The lowest BCUT2D eigenvalue weighted by atomic mass is 9.92. The predicted molar refractivity (Wildman–Crippen MR) is 287 cm³/mol. The van der Waals surface area contributed by atoms with Gasteiger partial charge in [-0.3, -0.25) is 28.5 Å². The highest BCUT2D eigenvalue weighted by Gasteiger charge is 2.29. The molecular weight excluding hydrogens is 925 g/mol. The summed E-state index contributed by atoms with van der Waals surface area (Å²) in [5, 5.41) is 21.8. The normalized spacial score (nSPS) is 14.8. The fourth-order valence-corrected chi connectivity index (χ4v) is 9.33. The van der Waals surface area contributed by atoms with Crippen LogP contribution in [0.25, 0.3) is 22.5 Å². The van der Waals surface area contributed by atoms with Crippen molar-refractivity contribution in [2.24, 2.45) is 23.7 Å². The Morgan fingerprint density at radius 1 is 0.575 bits per heavy atom. The van der Waals surface area contributed by atoms with E-state index in [2.05, 4.69) is 76.7 Å². The SMILES string of the molecule is CCC(C)Cn1nc(C(=O)N[C@H](CC(=O)NC2CCC2)CC(C)C)cc1-c1c(OC)cccc1OC.CCC(CC)Cn1nc(C(=O)N[C@H](CC(=O)NC2CCC2)CC(C)C)cc1-c1c(OC)cccc1OC. The summed E-state index contributed by atoms with van der Waals surface area (Å²) in [6, 6.07) is 14.9. The largest absolute Gasteiger partial charge is 0.496 e. The lowest BCUT2D eigenvalue weighted by Crippen LogP contribution is -2.44. The van der Waals surface area contributed by atoms with Crippen LogP contribution in [0.5, 0.6) is 23.0 Å². The third kappa shape index (κ3) is 16.5. The number of methoxy groups -OCH3 is 4. The van der Waals surface area contributed by atoms with E-state index in [1.807, 2.05) is 45.8 Å². The second kappa shape index (κ2) is 28.4. The molecule has 0 saturated heterocycles. The van der Waals surface area contributed by atoms with E-state index in [-0.39, 0.29) is 60.6 Å². The number of nitrogens with zero attached hydrogens (tertiary/aromatic N) is 4. The summed E-state index contributed by atoms with van der Waals surface area (Å²) in [5.74, 6) is 3.49. The maximum absolute atomic E-state index is 13.5. The summed E-state index contributed by atoms with van der Waals surface area (Å²) in [4.78, 5) is 52.0. The van der Waals surface area contributed by atoms with Gasteiger partial charge in [-0.15, -0.1) is 0 Å². The molecule has 73 heavy (non-hydrogen) atoms. The fraction of sp³-hybridized carbons (Fsp3) is 0.614. The number of benzene rings is 2. The molecule has 0 spiro atoms. The fourth-order valence-electron chi connectivity index (χ4n) is 9.33. The van der Waals surface area contributed by atoms with Crippen LogP contribution in [-0.2, 0) is 22.7 Å². The molecule has 2 saturated carbocycles. The number of carbonyl (C=O) groups excluding carboxylic acids is 4. The molecular formula is C57H86N8O8. The zero-order chi connectivity index (χ0) is 53.2. The Kier molecular flexibility index (Phi) is 22.5. The van der Waals surface area contributed by atoms with Crippen LogP contribution in [0.3, 0.4) is 0 Å². The van der Waals surface area contributed by atoms with Crippen molar-refractivity contribution in [3.05, 3.63) is 59.9 Å². The zero-order valence-corrected chi connectivity index (χ0v) is 45.9. The van der Waals surface area contributed by atoms with Crippen LogP contribution >= 0.6 is 0 Å². The van der Waals surface area contributed by atoms with Gasteiger partial charge in [0, 0.05) is 50.1 Å². The second-order valence-electron chi connectivity index (χ2n) is 20.9. The molecule has 2 aliphatic rings. The van der Waals surface area contributed by atoms with Crippen LogP contribution in [0.1, 0.15) is 160 Å². The molecule has 16 heteroatoms. The van der Waals surface area contributed by atoms with Gasteiger partial charge in [-0.1, -0.05) is 86.8 Å². The maximum atomic E-state index is 13.5. The molecule has 0 aliphatic heterocycles. The first-order valence-corrected chi connectivity index (χ1v) is 26.8. The average Bonchev–Trinajstić information content (AvgIpc) is 3.96. The molecule has 2 heterocycles. The minimum Gasteiger partial charge on any atom is -0.496 e. The zero-order valence-electron chi connectivity index (χ0n) is 45.9. The van der Waals surface area contributed by atoms with Crippen molar-refractivity contribution in [1.29, 1.82) is 0 Å². The van der Waals surface area contributed by atoms with Gasteiger partial charge < -0.3 is 40.2 Å². The molecule has 2 aliphatic carbocycles. The Labute approximate surface area is 434 Å². The monoisotopic (exact) mass is 1010 g/mol. The van der Waals surface area contributed by atoms with Crippen LogP contribution in [0, 0.1) is 23.7 Å². The average molecular weight is 1010 g/mol. The highest BCUT2D eigenvalue weighted by atomic mass is 16.5. The molecule has 0 bridgehead atoms. The molecule has 16 nitrogen and oxygen atoms in total. The Morgan fingerprint density at radius 2 is 0.945 bits per heavy atom. The van der Waals surface area contributed by atoms with Gasteiger partial charge in [-0.05, 0) is 111 Å². The third-order valence-corrected chi connectivity index (χ3v) is 14.1. The first-order chi connectivity index (χ1) is 35.0. The summed E-state index contributed by atoms with van der Waals surface area (Å²) in [7, 11) is 6.48.